The molecule has 1 N–H and O–H groups in total. The zero-order valence-corrected chi connectivity index (χ0v) is 16.6. The molecule has 0 saturated heterocycles. The minimum atomic E-state index is -1.57. The van der Waals surface area contributed by atoms with Crippen molar-refractivity contribution in [3.8, 4) is 0 Å². The van der Waals surface area contributed by atoms with Gasteiger partial charge >= 0.3 is 0 Å². The van der Waals surface area contributed by atoms with Crippen molar-refractivity contribution in [1.29, 1.82) is 0 Å². The summed E-state index contributed by atoms with van der Waals surface area (Å²) in [6.07, 6.45) is 0. The van der Waals surface area contributed by atoms with Crippen molar-refractivity contribution >= 4 is 39.1 Å². The molecule has 0 fully saturated rings. The van der Waals surface area contributed by atoms with Crippen molar-refractivity contribution in [1.82, 2.24) is 5.32 Å². The van der Waals surface area contributed by atoms with Gasteiger partial charge in [-0.25, -0.2) is 0 Å². The van der Waals surface area contributed by atoms with Crippen molar-refractivity contribution in [2.75, 3.05) is 7.05 Å². The lowest BCUT2D eigenvalue weighted by Crippen LogP contribution is -2.44. The average Bonchev–Trinajstić information content (AvgIpc) is 2.26. The zero-order valence-electron chi connectivity index (χ0n) is 13.7. The molecule has 0 aliphatic rings. The van der Waals surface area contributed by atoms with Gasteiger partial charge in [-0.15, -0.1) is 12.6 Å². The second-order valence-corrected chi connectivity index (χ2v) is 18.2. The van der Waals surface area contributed by atoms with E-state index in [0.717, 1.165) is 5.56 Å². The predicted molar refractivity (Wildman–Crippen MR) is 97.9 cm³/mol. The van der Waals surface area contributed by atoms with Crippen molar-refractivity contribution in [2.24, 2.45) is 0 Å². The summed E-state index contributed by atoms with van der Waals surface area (Å²) in [4.78, 5) is 11.7. The number of carbonyl (C=O) groups is 1. The summed E-state index contributed by atoms with van der Waals surface area (Å²) in [5, 5.41) is 4.55. The molecule has 20 heavy (non-hydrogen) atoms. The first-order valence-electron chi connectivity index (χ1n) is 7.03. The first kappa shape index (κ1) is 17.7. The van der Waals surface area contributed by atoms with Crippen LogP contribution < -0.4 is 10.5 Å². The molecule has 112 valence electrons. The summed E-state index contributed by atoms with van der Waals surface area (Å²) in [6.45, 7) is 13.9. The van der Waals surface area contributed by atoms with Crippen molar-refractivity contribution in [2.45, 2.75) is 44.9 Å². The zero-order chi connectivity index (χ0) is 15.7. The molecule has 0 radical (unpaired) electrons. The van der Waals surface area contributed by atoms with E-state index in [4.69, 9.17) is 0 Å². The highest BCUT2D eigenvalue weighted by molar-refractivity contribution is 7.97. The quantitative estimate of drug-likeness (QED) is 0.641. The van der Waals surface area contributed by atoms with Crippen molar-refractivity contribution in [3.05, 3.63) is 29.3 Å². The van der Waals surface area contributed by atoms with Gasteiger partial charge in [-0.3, -0.25) is 4.79 Å². The molecule has 0 saturated carbocycles. The maximum Gasteiger partial charge on any atom is 0.216 e. The molecule has 5 heteroatoms. The number of carbonyl (C=O) groups excluding carboxylic acids is 1. The molecule has 0 spiro atoms. The monoisotopic (exact) mass is 325 g/mol. The lowest BCUT2D eigenvalue weighted by atomic mass is 10.1. The van der Waals surface area contributed by atoms with Gasteiger partial charge in [0.1, 0.15) is 0 Å². The molecule has 0 bridgehead atoms. The molecular weight excluding hydrogens is 298 g/mol. The van der Waals surface area contributed by atoms with Crippen LogP contribution in [0.5, 0.6) is 0 Å². The molecule has 0 heterocycles. The summed E-state index contributed by atoms with van der Waals surface area (Å²) >= 11 is 4.03. The van der Waals surface area contributed by atoms with Crippen molar-refractivity contribution in [3.63, 3.8) is 0 Å². The van der Waals surface area contributed by atoms with Crippen molar-refractivity contribution < 1.29 is 4.79 Å². The van der Waals surface area contributed by atoms with E-state index >= 15 is 0 Å². The highest BCUT2D eigenvalue weighted by Crippen LogP contribution is 2.25. The Labute approximate surface area is 130 Å². The van der Waals surface area contributed by atoms with E-state index in [1.54, 1.807) is 0 Å². The molecule has 1 aromatic rings. The average molecular weight is 326 g/mol. The molecule has 0 amide bonds. The van der Waals surface area contributed by atoms with Crippen LogP contribution in [0.25, 0.3) is 0 Å². The smallest absolute Gasteiger partial charge is 0.216 e. The van der Waals surface area contributed by atoms with E-state index < -0.39 is 16.1 Å². The molecule has 1 unspecified atom stereocenters. The standard InChI is InChI=1S/C15H27NOSSi2/c1-16-14(20(5,6)7)11-8-9-12(15(17)18)13(10-11)19(2,3)4/h8-10,14,16H,1-7H3,(H,17,18). The maximum absolute atomic E-state index is 11.7. The minimum Gasteiger partial charge on any atom is -0.316 e. The predicted octanol–water partition coefficient (Wildman–Crippen LogP) is 3.44. The number of hydrogen-bond acceptors (Lipinski definition) is 2. The van der Waals surface area contributed by atoms with E-state index in [1.165, 1.54) is 10.8 Å². The Morgan fingerprint density at radius 3 is 2.05 bits per heavy atom. The Morgan fingerprint density at radius 1 is 1.15 bits per heavy atom. The third-order valence-corrected chi connectivity index (χ3v) is 8.19. The van der Waals surface area contributed by atoms with E-state index in [0.29, 0.717) is 5.67 Å². The normalized spacial score (nSPS) is 14.2. The van der Waals surface area contributed by atoms with Gasteiger partial charge < -0.3 is 5.32 Å². The number of rotatable bonds is 5. The molecule has 1 atom stereocenters. The third kappa shape index (κ3) is 4.07. The van der Waals surface area contributed by atoms with Gasteiger partial charge in [0.2, 0.25) is 5.12 Å². The van der Waals surface area contributed by atoms with Crippen LogP contribution in [0.1, 0.15) is 21.6 Å². The van der Waals surface area contributed by atoms with Crippen LogP contribution in [0.3, 0.4) is 0 Å². The first-order chi connectivity index (χ1) is 8.98. The van der Waals surface area contributed by atoms with Crippen LogP contribution >= 0.6 is 12.6 Å². The van der Waals surface area contributed by atoms with Crippen LogP contribution in [0.2, 0.25) is 39.3 Å². The van der Waals surface area contributed by atoms with Crippen LogP contribution in [0.4, 0.5) is 0 Å². The van der Waals surface area contributed by atoms with Crippen LogP contribution in [0.15, 0.2) is 18.2 Å². The number of hydrogen-bond donors (Lipinski definition) is 2. The van der Waals surface area contributed by atoms with Crippen LogP contribution in [0, 0.1) is 0 Å². The molecule has 0 aromatic heterocycles. The van der Waals surface area contributed by atoms with E-state index in [9.17, 15) is 4.79 Å². The summed E-state index contributed by atoms with van der Waals surface area (Å²) in [6, 6.07) is 6.30. The van der Waals surface area contributed by atoms with Gasteiger partial charge in [0, 0.05) is 11.2 Å². The van der Waals surface area contributed by atoms with E-state index in [1.807, 2.05) is 13.1 Å². The second-order valence-electron chi connectivity index (χ2n) is 7.45. The topological polar surface area (TPSA) is 29.1 Å². The summed E-state index contributed by atoms with van der Waals surface area (Å²) in [5.41, 5.74) is 2.49. The van der Waals surface area contributed by atoms with Gasteiger partial charge in [0.05, 0.1) is 16.1 Å². The van der Waals surface area contributed by atoms with Gasteiger partial charge in [-0.1, -0.05) is 57.5 Å². The summed E-state index contributed by atoms with van der Waals surface area (Å²) in [7, 11) is -0.903. The molecule has 0 aliphatic carbocycles. The summed E-state index contributed by atoms with van der Waals surface area (Å²) in [5.74, 6) is 0. The van der Waals surface area contributed by atoms with Gasteiger partial charge in [-0.05, 0) is 17.8 Å². The lowest BCUT2D eigenvalue weighted by Gasteiger charge is -2.31. The number of benzene rings is 1. The first-order valence-corrected chi connectivity index (χ1v) is 14.6. The largest absolute Gasteiger partial charge is 0.316 e. The fourth-order valence-electron chi connectivity index (χ4n) is 2.65. The number of thiol groups is 1. The Kier molecular flexibility index (Phi) is 5.46. The highest BCUT2D eigenvalue weighted by atomic mass is 32.1. The van der Waals surface area contributed by atoms with Gasteiger partial charge in [-0.2, -0.15) is 0 Å². The minimum absolute atomic E-state index is 0.122. The lowest BCUT2D eigenvalue weighted by molar-refractivity contribution is 0.109. The SMILES string of the molecule is CNC(c1ccc(C(=O)S)c([Si](C)(C)C)c1)[Si](C)(C)C. The number of nitrogens with one attached hydrogen (secondary N) is 1. The van der Waals surface area contributed by atoms with E-state index in [-0.39, 0.29) is 5.12 Å². The molecule has 1 rings (SSSR count). The third-order valence-electron chi connectivity index (χ3n) is 3.57. The second kappa shape index (κ2) is 6.17. The molecule has 1 aromatic carbocycles. The summed E-state index contributed by atoms with van der Waals surface area (Å²) < 4.78 is 0. The molecular formula is C15H27NOSSi2. The fraction of sp³-hybridized carbons (Fsp3) is 0.533. The highest BCUT2D eigenvalue weighted by Gasteiger charge is 2.29. The van der Waals surface area contributed by atoms with E-state index in [2.05, 4.69) is 69.4 Å². The Balaban J connectivity index is 3.43. The molecule has 0 aliphatic heterocycles. The van der Waals surface area contributed by atoms with Crippen LogP contribution in [-0.2, 0) is 0 Å². The van der Waals surface area contributed by atoms with Gasteiger partial charge in [0.25, 0.3) is 0 Å². The Hall–Kier alpha value is -0.366. The Bertz CT molecular complexity index is 504. The maximum atomic E-state index is 11.7. The molecule has 2 nitrogen and oxygen atoms in total. The fourth-order valence-corrected chi connectivity index (χ4v) is 6.60. The Morgan fingerprint density at radius 2 is 1.70 bits per heavy atom. The van der Waals surface area contributed by atoms with Crippen LogP contribution in [-0.4, -0.2) is 28.3 Å². The van der Waals surface area contributed by atoms with Gasteiger partial charge in [0.15, 0.2) is 0 Å².